The molecule has 1 saturated heterocycles. The maximum atomic E-state index is 11.8. The van der Waals surface area contributed by atoms with E-state index in [9.17, 15) is 35.4 Å². The van der Waals surface area contributed by atoms with Crippen molar-refractivity contribution in [2.45, 2.75) is 69.6 Å². The Bertz CT molecular complexity index is 631. The number of carbonyl (C=O) groups is 1. The van der Waals surface area contributed by atoms with Crippen LogP contribution in [-0.4, -0.2) is 92.0 Å². The van der Waals surface area contributed by atoms with Crippen LogP contribution < -0.4 is 0 Å². The molecule has 1 heterocycles. The molecule has 1 aliphatic heterocycles. The third kappa shape index (κ3) is 4.22. The molecule has 160 valence electrons. The maximum Gasteiger partial charge on any atom is 0.187 e. The fraction of sp³-hybridized carbons (Fsp3) is 0.737. The van der Waals surface area contributed by atoms with Crippen molar-refractivity contribution in [3.05, 3.63) is 23.8 Å². The number of aliphatic hydroxyl groups is 6. The molecule has 9 heteroatoms. The van der Waals surface area contributed by atoms with Crippen molar-refractivity contribution in [3.8, 4) is 0 Å². The second kappa shape index (κ2) is 8.68. The van der Waals surface area contributed by atoms with Gasteiger partial charge in [-0.25, -0.2) is 0 Å². The Hall–Kier alpha value is -1.17. The summed E-state index contributed by atoms with van der Waals surface area (Å²) in [6.07, 6.45) is -3.44. The van der Waals surface area contributed by atoms with E-state index in [0.717, 1.165) is 0 Å². The van der Waals surface area contributed by atoms with Crippen LogP contribution in [0.3, 0.4) is 0 Å². The Labute approximate surface area is 163 Å². The zero-order valence-corrected chi connectivity index (χ0v) is 16.2. The summed E-state index contributed by atoms with van der Waals surface area (Å²) in [5.41, 5.74) is -2.30. The van der Waals surface area contributed by atoms with Crippen LogP contribution in [0.25, 0.3) is 0 Å². The fourth-order valence-electron chi connectivity index (χ4n) is 3.62. The van der Waals surface area contributed by atoms with Gasteiger partial charge in [-0.05, 0) is 31.6 Å². The van der Waals surface area contributed by atoms with Gasteiger partial charge >= 0.3 is 0 Å². The van der Waals surface area contributed by atoms with Gasteiger partial charge in [-0.3, -0.25) is 4.79 Å². The van der Waals surface area contributed by atoms with Gasteiger partial charge in [0.05, 0.1) is 19.3 Å². The molecule has 2 aliphatic rings. The van der Waals surface area contributed by atoms with Crippen molar-refractivity contribution in [1.29, 1.82) is 0 Å². The topological polar surface area (TPSA) is 157 Å². The predicted octanol–water partition coefficient (Wildman–Crippen LogP) is -1.60. The second-order valence-electron chi connectivity index (χ2n) is 7.85. The van der Waals surface area contributed by atoms with E-state index >= 15 is 0 Å². The normalized spacial score (nSPS) is 43.2. The minimum absolute atomic E-state index is 0.0242. The van der Waals surface area contributed by atoms with Gasteiger partial charge in [0, 0.05) is 11.8 Å². The highest BCUT2D eigenvalue weighted by molar-refractivity contribution is 5.92. The van der Waals surface area contributed by atoms with Crippen LogP contribution in [0.2, 0.25) is 0 Å². The monoisotopic (exact) mass is 402 g/mol. The highest BCUT2D eigenvalue weighted by Gasteiger charge is 2.50. The van der Waals surface area contributed by atoms with Crippen molar-refractivity contribution >= 4 is 5.78 Å². The lowest BCUT2D eigenvalue weighted by Gasteiger charge is -2.45. The van der Waals surface area contributed by atoms with E-state index in [4.69, 9.17) is 9.47 Å². The Morgan fingerprint density at radius 1 is 1.29 bits per heavy atom. The number of hydrogen-bond donors (Lipinski definition) is 6. The Kier molecular flexibility index (Phi) is 7.17. The molecule has 6 N–H and O–H groups in total. The molecule has 28 heavy (non-hydrogen) atoms. The standard InChI is InChI=1S/C19H30O9/c1-10-6-12(22)7-18(3,9-21)19(10,26)5-4-11(2)27-17-16(25)15(24)14(23)13(8-20)28-17/h4-6,11,13-17,20-21,23-26H,7-9H2,1-3H3/b5-4+/t11-,13-,14-,15+,16-,17-,18-,19-/m1/s1. The Balaban J connectivity index is 2.15. The van der Waals surface area contributed by atoms with Crippen LogP contribution in [0.4, 0.5) is 0 Å². The fourth-order valence-corrected chi connectivity index (χ4v) is 3.62. The van der Waals surface area contributed by atoms with Crippen molar-refractivity contribution in [2.75, 3.05) is 13.2 Å². The number of hydrogen-bond acceptors (Lipinski definition) is 9. The lowest BCUT2D eigenvalue weighted by atomic mass is 9.64. The molecule has 0 unspecified atom stereocenters. The minimum atomic E-state index is -1.58. The Morgan fingerprint density at radius 3 is 2.50 bits per heavy atom. The first-order chi connectivity index (χ1) is 13.0. The van der Waals surface area contributed by atoms with Crippen molar-refractivity contribution in [3.63, 3.8) is 0 Å². The molecule has 0 radical (unpaired) electrons. The Morgan fingerprint density at radius 2 is 1.93 bits per heavy atom. The molecule has 0 aromatic carbocycles. The lowest BCUT2D eigenvalue weighted by Crippen LogP contribution is -2.59. The van der Waals surface area contributed by atoms with Gasteiger partial charge in [0.15, 0.2) is 12.1 Å². The molecule has 0 amide bonds. The summed E-state index contributed by atoms with van der Waals surface area (Å²) < 4.78 is 10.8. The van der Waals surface area contributed by atoms with E-state index in [2.05, 4.69) is 0 Å². The average molecular weight is 402 g/mol. The van der Waals surface area contributed by atoms with Gasteiger partial charge < -0.3 is 40.1 Å². The van der Waals surface area contributed by atoms with Crippen LogP contribution in [0.15, 0.2) is 23.8 Å². The lowest BCUT2D eigenvalue weighted by molar-refractivity contribution is -0.306. The largest absolute Gasteiger partial charge is 0.396 e. The first-order valence-corrected chi connectivity index (χ1v) is 9.19. The molecule has 1 aliphatic carbocycles. The molecule has 0 bridgehead atoms. The van der Waals surface area contributed by atoms with E-state index in [0.29, 0.717) is 5.57 Å². The van der Waals surface area contributed by atoms with Crippen LogP contribution in [-0.2, 0) is 14.3 Å². The quantitative estimate of drug-likeness (QED) is 0.288. The summed E-state index contributed by atoms with van der Waals surface area (Å²) in [6.45, 7) is 3.83. The SMILES string of the molecule is CC1=CC(=O)C[C@](C)(CO)[C@@]1(O)/C=C/[C@@H](C)O[C@@H]1O[C@H](CO)[C@@H](O)[C@H](O)[C@H]1O. The highest BCUT2D eigenvalue weighted by Crippen LogP contribution is 2.44. The van der Waals surface area contributed by atoms with Crippen LogP contribution >= 0.6 is 0 Å². The van der Waals surface area contributed by atoms with Gasteiger partial charge in [-0.15, -0.1) is 0 Å². The number of ketones is 1. The average Bonchev–Trinajstić information content (AvgIpc) is 2.65. The van der Waals surface area contributed by atoms with E-state index in [1.54, 1.807) is 20.8 Å². The molecule has 2 rings (SSSR count). The summed E-state index contributed by atoms with van der Waals surface area (Å²) in [6, 6.07) is 0. The number of ether oxygens (including phenoxy) is 2. The molecular formula is C19H30O9. The maximum absolute atomic E-state index is 11.8. The van der Waals surface area contributed by atoms with Crippen molar-refractivity contribution in [1.82, 2.24) is 0 Å². The summed E-state index contributed by atoms with van der Waals surface area (Å²) in [5.74, 6) is -0.183. The summed E-state index contributed by atoms with van der Waals surface area (Å²) >= 11 is 0. The summed E-state index contributed by atoms with van der Waals surface area (Å²) in [4.78, 5) is 11.8. The number of aliphatic hydroxyl groups excluding tert-OH is 5. The smallest absolute Gasteiger partial charge is 0.187 e. The van der Waals surface area contributed by atoms with Gasteiger partial charge in [-0.1, -0.05) is 13.0 Å². The molecule has 0 aromatic heterocycles. The first kappa shape index (κ1) is 23.1. The number of rotatable bonds is 6. The van der Waals surface area contributed by atoms with Gasteiger partial charge in [0.25, 0.3) is 0 Å². The molecule has 0 saturated carbocycles. The third-order valence-corrected chi connectivity index (χ3v) is 5.62. The second-order valence-corrected chi connectivity index (χ2v) is 7.85. The molecule has 0 aromatic rings. The van der Waals surface area contributed by atoms with E-state index in [1.165, 1.54) is 18.2 Å². The number of carbonyl (C=O) groups excluding carboxylic acids is 1. The zero-order chi connectivity index (χ0) is 21.3. The summed E-state index contributed by atoms with van der Waals surface area (Å²) in [5, 5.41) is 59.8. The van der Waals surface area contributed by atoms with E-state index in [1.807, 2.05) is 0 Å². The molecule has 0 spiro atoms. The van der Waals surface area contributed by atoms with Crippen LogP contribution in [0, 0.1) is 5.41 Å². The first-order valence-electron chi connectivity index (χ1n) is 9.19. The molecule has 8 atom stereocenters. The third-order valence-electron chi connectivity index (χ3n) is 5.62. The highest BCUT2D eigenvalue weighted by atomic mass is 16.7. The van der Waals surface area contributed by atoms with Gasteiger partial charge in [-0.2, -0.15) is 0 Å². The molecular weight excluding hydrogens is 372 g/mol. The van der Waals surface area contributed by atoms with Crippen LogP contribution in [0.5, 0.6) is 0 Å². The summed E-state index contributed by atoms with van der Waals surface area (Å²) in [7, 11) is 0. The van der Waals surface area contributed by atoms with Crippen molar-refractivity contribution in [2.24, 2.45) is 5.41 Å². The van der Waals surface area contributed by atoms with Gasteiger partial charge in [0.1, 0.15) is 30.0 Å². The van der Waals surface area contributed by atoms with Crippen molar-refractivity contribution < 1.29 is 44.9 Å². The molecule has 1 fully saturated rings. The van der Waals surface area contributed by atoms with E-state index in [-0.39, 0.29) is 12.2 Å². The van der Waals surface area contributed by atoms with E-state index < -0.39 is 61.0 Å². The number of allylic oxidation sites excluding steroid dienone is 1. The molecule has 9 nitrogen and oxygen atoms in total. The van der Waals surface area contributed by atoms with Gasteiger partial charge in [0.2, 0.25) is 0 Å². The van der Waals surface area contributed by atoms with Crippen LogP contribution in [0.1, 0.15) is 27.2 Å². The minimum Gasteiger partial charge on any atom is -0.396 e. The predicted molar refractivity (Wildman–Crippen MR) is 97.0 cm³/mol. The zero-order valence-electron chi connectivity index (χ0n) is 16.2.